The highest BCUT2D eigenvalue weighted by molar-refractivity contribution is 5.20. The summed E-state index contributed by atoms with van der Waals surface area (Å²) in [6, 6.07) is 6.58. The van der Waals surface area contributed by atoms with Gasteiger partial charge in [-0.15, -0.1) is 0 Å². The van der Waals surface area contributed by atoms with Crippen LogP contribution in [0.15, 0.2) is 24.3 Å². The monoisotopic (exact) mass is 210 g/mol. The van der Waals surface area contributed by atoms with Gasteiger partial charge in [-0.3, -0.25) is 11.3 Å². The zero-order chi connectivity index (χ0) is 11.4. The van der Waals surface area contributed by atoms with Gasteiger partial charge < -0.3 is 0 Å². The molecule has 3 N–H and O–H groups in total. The van der Waals surface area contributed by atoms with E-state index in [2.05, 4.69) is 26.2 Å². The molecule has 0 aliphatic heterocycles. The molecule has 0 fully saturated rings. The highest BCUT2D eigenvalue weighted by Gasteiger charge is 2.20. The Morgan fingerprint density at radius 1 is 1.27 bits per heavy atom. The van der Waals surface area contributed by atoms with E-state index in [4.69, 9.17) is 5.84 Å². The van der Waals surface area contributed by atoms with Crippen LogP contribution in [-0.4, -0.2) is 0 Å². The highest BCUT2D eigenvalue weighted by atomic mass is 19.1. The minimum atomic E-state index is -0.219. The molecule has 0 aliphatic rings. The zero-order valence-electron chi connectivity index (χ0n) is 9.50. The predicted octanol–water partition coefficient (Wildman–Crippen LogP) is 2.62. The van der Waals surface area contributed by atoms with Crippen LogP contribution in [0.4, 0.5) is 4.39 Å². The van der Waals surface area contributed by atoms with Gasteiger partial charge in [0.1, 0.15) is 5.82 Å². The minimum absolute atomic E-state index is 0.000648. The smallest absolute Gasteiger partial charge is 0.123 e. The van der Waals surface area contributed by atoms with Gasteiger partial charge in [-0.25, -0.2) is 4.39 Å². The van der Waals surface area contributed by atoms with Crippen molar-refractivity contribution in [2.24, 2.45) is 17.7 Å². The quantitative estimate of drug-likeness (QED) is 0.592. The SMILES string of the molecule is CC(C)C(C)C(NN)c1cccc(F)c1. The van der Waals surface area contributed by atoms with Gasteiger partial charge in [-0.2, -0.15) is 0 Å². The molecular weight excluding hydrogens is 191 g/mol. The van der Waals surface area contributed by atoms with E-state index in [0.717, 1.165) is 5.56 Å². The second kappa shape index (κ2) is 5.24. The first-order valence-electron chi connectivity index (χ1n) is 5.28. The summed E-state index contributed by atoms with van der Waals surface area (Å²) >= 11 is 0. The third-order valence-corrected chi connectivity index (χ3v) is 2.96. The van der Waals surface area contributed by atoms with Crippen molar-refractivity contribution in [1.82, 2.24) is 5.43 Å². The lowest BCUT2D eigenvalue weighted by Crippen LogP contribution is -2.34. The molecule has 84 valence electrons. The fourth-order valence-corrected chi connectivity index (χ4v) is 1.64. The molecule has 1 rings (SSSR count). The molecule has 0 spiro atoms. The van der Waals surface area contributed by atoms with Gasteiger partial charge in [0, 0.05) is 6.04 Å². The molecule has 0 saturated carbocycles. The van der Waals surface area contributed by atoms with Crippen molar-refractivity contribution in [3.05, 3.63) is 35.6 Å². The van der Waals surface area contributed by atoms with Crippen LogP contribution >= 0.6 is 0 Å². The fourth-order valence-electron chi connectivity index (χ4n) is 1.64. The number of rotatable bonds is 4. The zero-order valence-corrected chi connectivity index (χ0v) is 9.50. The molecule has 0 radical (unpaired) electrons. The Labute approximate surface area is 90.6 Å². The molecule has 0 bridgehead atoms. The number of benzene rings is 1. The summed E-state index contributed by atoms with van der Waals surface area (Å²) in [6.07, 6.45) is 0. The van der Waals surface area contributed by atoms with E-state index in [0.29, 0.717) is 11.8 Å². The Hall–Kier alpha value is -0.930. The lowest BCUT2D eigenvalue weighted by molar-refractivity contribution is 0.305. The fraction of sp³-hybridized carbons (Fsp3) is 0.500. The van der Waals surface area contributed by atoms with Gasteiger partial charge in [0.25, 0.3) is 0 Å². The molecule has 2 unspecified atom stereocenters. The Morgan fingerprint density at radius 2 is 1.93 bits per heavy atom. The maximum atomic E-state index is 13.1. The van der Waals surface area contributed by atoms with Gasteiger partial charge in [0.2, 0.25) is 0 Å². The number of hydrogen-bond donors (Lipinski definition) is 2. The molecule has 0 aliphatic carbocycles. The van der Waals surface area contributed by atoms with Crippen molar-refractivity contribution in [2.45, 2.75) is 26.8 Å². The lowest BCUT2D eigenvalue weighted by Gasteiger charge is -2.26. The minimum Gasteiger partial charge on any atom is -0.271 e. The van der Waals surface area contributed by atoms with E-state index < -0.39 is 0 Å². The van der Waals surface area contributed by atoms with Gasteiger partial charge in [-0.05, 0) is 29.5 Å². The van der Waals surface area contributed by atoms with Crippen molar-refractivity contribution in [1.29, 1.82) is 0 Å². The average molecular weight is 210 g/mol. The van der Waals surface area contributed by atoms with Crippen molar-refractivity contribution in [3.8, 4) is 0 Å². The summed E-state index contributed by atoms with van der Waals surface area (Å²) < 4.78 is 13.1. The average Bonchev–Trinajstić information content (AvgIpc) is 2.18. The summed E-state index contributed by atoms with van der Waals surface area (Å²) in [4.78, 5) is 0. The van der Waals surface area contributed by atoms with Crippen LogP contribution in [0.3, 0.4) is 0 Å². The van der Waals surface area contributed by atoms with Crippen molar-refractivity contribution >= 4 is 0 Å². The Morgan fingerprint density at radius 3 is 2.40 bits per heavy atom. The first-order chi connectivity index (χ1) is 7.06. The molecule has 2 atom stereocenters. The molecule has 0 saturated heterocycles. The van der Waals surface area contributed by atoms with Crippen LogP contribution in [0, 0.1) is 17.7 Å². The predicted molar refractivity (Wildman–Crippen MR) is 60.5 cm³/mol. The maximum absolute atomic E-state index is 13.1. The number of halogens is 1. The normalized spacial score (nSPS) is 15.3. The van der Waals surface area contributed by atoms with Gasteiger partial charge in [-0.1, -0.05) is 32.9 Å². The second-order valence-corrected chi connectivity index (χ2v) is 4.30. The van der Waals surface area contributed by atoms with E-state index in [1.807, 2.05) is 6.07 Å². The van der Waals surface area contributed by atoms with Crippen molar-refractivity contribution < 1.29 is 4.39 Å². The van der Waals surface area contributed by atoms with Gasteiger partial charge in [0.15, 0.2) is 0 Å². The third-order valence-electron chi connectivity index (χ3n) is 2.96. The highest BCUT2D eigenvalue weighted by Crippen LogP contribution is 2.27. The second-order valence-electron chi connectivity index (χ2n) is 4.30. The molecular formula is C12H19FN2. The van der Waals surface area contributed by atoms with Crippen LogP contribution in [-0.2, 0) is 0 Å². The summed E-state index contributed by atoms with van der Waals surface area (Å²) in [5.41, 5.74) is 3.66. The Kier molecular flexibility index (Phi) is 4.24. The molecule has 2 nitrogen and oxygen atoms in total. The molecule has 1 aromatic carbocycles. The maximum Gasteiger partial charge on any atom is 0.123 e. The molecule has 15 heavy (non-hydrogen) atoms. The molecule has 1 aromatic rings. The Balaban J connectivity index is 2.92. The largest absolute Gasteiger partial charge is 0.271 e. The van der Waals surface area contributed by atoms with E-state index >= 15 is 0 Å². The van der Waals surface area contributed by atoms with Crippen LogP contribution in [0.2, 0.25) is 0 Å². The summed E-state index contributed by atoms with van der Waals surface area (Å²) in [6.45, 7) is 6.38. The lowest BCUT2D eigenvalue weighted by atomic mass is 9.86. The van der Waals surface area contributed by atoms with E-state index in [1.54, 1.807) is 6.07 Å². The molecule has 0 heterocycles. The first-order valence-corrected chi connectivity index (χ1v) is 5.28. The van der Waals surface area contributed by atoms with E-state index in [1.165, 1.54) is 12.1 Å². The van der Waals surface area contributed by atoms with Crippen molar-refractivity contribution in [3.63, 3.8) is 0 Å². The Bertz CT molecular complexity index is 312. The summed E-state index contributed by atoms with van der Waals surface area (Å²) in [5, 5.41) is 0. The van der Waals surface area contributed by atoms with Crippen LogP contribution < -0.4 is 11.3 Å². The van der Waals surface area contributed by atoms with Crippen LogP contribution in [0.5, 0.6) is 0 Å². The van der Waals surface area contributed by atoms with E-state index in [9.17, 15) is 4.39 Å². The number of hydrazine groups is 1. The van der Waals surface area contributed by atoms with Crippen LogP contribution in [0.25, 0.3) is 0 Å². The van der Waals surface area contributed by atoms with Crippen molar-refractivity contribution in [2.75, 3.05) is 0 Å². The molecule has 0 amide bonds. The topological polar surface area (TPSA) is 38.0 Å². The van der Waals surface area contributed by atoms with E-state index in [-0.39, 0.29) is 11.9 Å². The third kappa shape index (κ3) is 3.01. The van der Waals surface area contributed by atoms with Crippen LogP contribution in [0.1, 0.15) is 32.4 Å². The number of nitrogens with two attached hydrogens (primary N) is 1. The summed E-state index contributed by atoms with van der Waals surface area (Å²) in [5.74, 6) is 6.16. The summed E-state index contributed by atoms with van der Waals surface area (Å²) in [7, 11) is 0. The number of nitrogens with one attached hydrogen (secondary N) is 1. The van der Waals surface area contributed by atoms with Gasteiger partial charge in [0.05, 0.1) is 0 Å². The molecule has 0 aromatic heterocycles. The number of hydrogen-bond acceptors (Lipinski definition) is 2. The molecule has 3 heteroatoms. The standard InChI is InChI=1S/C12H19FN2/c1-8(2)9(3)12(15-14)10-5-4-6-11(13)7-10/h4-9,12,15H,14H2,1-3H3. The van der Waals surface area contributed by atoms with Gasteiger partial charge >= 0.3 is 0 Å². The first kappa shape index (κ1) is 12.1.